The minimum absolute atomic E-state index is 0. The second kappa shape index (κ2) is 5.17. The zero-order valence-electron chi connectivity index (χ0n) is 7.70. The maximum absolute atomic E-state index is 12.7. The SMILES string of the molecule is Cl.Fc1cccc(O[C@H]2CCNC2)c1. The highest BCUT2D eigenvalue weighted by atomic mass is 35.5. The molecule has 0 radical (unpaired) electrons. The van der Waals surface area contributed by atoms with Crippen LogP contribution in [0.25, 0.3) is 0 Å². The monoisotopic (exact) mass is 217 g/mol. The van der Waals surface area contributed by atoms with E-state index in [0.717, 1.165) is 19.5 Å². The van der Waals surface area contributed by atoms with E-state index in [2.05, 4.69) is 5.32 Å². The first-order valence-electron chi connectivity index (χ1n) is 4.47. The minimum Gasteiger partial charge on any atom is -0.489 e. The molecule has 1 atom stereocenters. The molecule has 1 aliphatic rings. The van der Waals surface area contributed by atoms with Gasteiger partial charge >= 0.3 is 0 Å². The van der Waals surface area contributed by atoms with Crippen LogP contribution in [0.1, 0.15) is 6.42 Å². The predicted octanol–water partition coefficient (Wildman–Crippen LogP) is 1.99. The molecule has 0 spiro atoms. The van der Waals surface area contributed by atoms with Gasteiger partial charge in [0.25, 0.3) is 0 Å². The van der Waals surface area contributed by atoms with Crippen molar-refractivity contribution in [1.82, 2.24) is 5.32 Å². The lowest BCUT2D eigenvalue weighted by atomic mass is 10.3. The summed E-state index contributed by atoms with van der Waals surface area (Å²) in [7, 11) is 0. The van der Waals surface area contributed by atoms with Crippen LogP contribution in [-0.2, 0) is 0 Å². The Morgan fingerprint density at radius 3 is 2.93 bits per heavy atom. The van der Waals surface area contributed by atoms with Crippen molar-refractivity contribution in [3.63, 3.8) is 0 Å². The maximum Gasteiger partial charge on any atom is 0.126 e. The Balaban J connectivity index is 0.000000980. The molecule has 0 bridgehead atoms. The zero-order chi connectivity index (χ0) is 9.10. The highest BCUT2D eigenvalue weighted by Gasteiger charge is 2.15. The summed E-state index contributed by atoms with van der Waals surface area (Å²) in [6.45, 7) is 1.84. The molecule has 1 saturated heterocycles. The highest BCUT2D eigenvalue weighted by Crippen LogP contribution is 2.15. The van der Waals surface area contributed by atoms with E-state index in [4.69, 9.17) is 4.74 Å². The van der Waals surface area contributed by atoms with Crippen LogP contribution >= 0.6 is 12.4 Å². The molecule has 14 heavy (non-hydrogen) atoms. The molecule has 1 fully saturated rings. The van der Waals surface area contributed by atoms with Crippen LogP contribution in [0.15, 0.2) is 24.3 Å². The molecule has 1 aromatic carbocycles. The average Bonchev–Trinajstić information content (AvgIpc) is 2.57. The van der Waals surface area contributed by atoms with Crippen molar-refractivity contribution < 1.29 is 9.13 Å². The molecule has 1 heterocycles. The van der Waals surface area contributed by atoms with Gasteiger partial charge in [0.15, 0.2) is 0 Å². The first kappa shape index (κ1) is 11.3. The van der Waals surface area contributed by atoms with Gasteiger partial charge in [-0.05, 0) is 25.1 Å². The summed E-state index contributed by atoms with van der Waals surface area (Å²) >= 11 is 0. The summed E-state index contributed by atoms with van der Waals surface area (Å²) in [5.41, 5.74) is 0. The van der Waals surface area contributed by atoms with Gasteiger partial charge in [-0.2, -0.15) is 0 Å². The van der Waals surface area contributed by atoms with E-state index in [1.807, 2.05) is 0 Å². The van der Waals surface area contributed by atoms with Crippen molar-refractivity contribution in [1.29, 1.82) is 0 Å². The van der Waals surface area contributed by atoms with E-state index in [9.17, 15) is 4.39 Å². The summed E-state index contributed by atoms with van der Waals surface area (Å²) in [4.78, 5) is 0. The van der Waals surface area contributed by atoms with Gasteiger partial charge in [-0.15, -0.1) is 12.4 Å². The third kappa shape index (κ3) is 2.86. The maximum atomic E-state index is 12.7. The second-order valence-electron chi connectivity index (χ2n) is 3.19. The molecular weight excluding hydrogens is 205 g/mol. The van der Waals surface area contributed by atoms with Gasteiger partial charge in [-0.25, -0.2) is 4.39 Å². The van der Waals surface area contributed by atoms with E-state index in [0.29, 0.717) is 5.75 Å². The summed E-state index contributed by atoms with van der Waals surface area (Å²) in [5.74, 6) is 0.372. The van der Waals surface area contributed by atoms with Gasteiger partial charge in [-0.1, -0.05) is 6.07 Å². The first-order chi connectivity index (χ1) is 6.34. The third-order valence-electron chi connectivity index (χ3n) is 2.11. The normalized spacial score (nSPS) is 20.2. The Morgan fingerprint density at radius 2 is 2.29 bits per heavy atom. The molecule has 1 aliphatic heterocycles. The van der Waals surface area contributed by atoms with E-state index < -0.39 is 0 Å². The summed E-state index contributed by atoms with van der Waals surface area (Å²) < 4.78 is 18.3. The van der Waals surface area contributed by atoms with Gasteiger partial charge < -0.3 is 10.1 Å². The first-order valence-corrected chi connectivity index (χ1v) is 4.47. The molecule has 1 aromatic rings. The zero-order valence-corrected chi connectivity index (χ0v) is 8.52. The van der Waals surface area contributed by atoms with Gasteiger partial charge in [-0.3, -0.25) is 0 Å². The summed E-state index contributed by atoms with van der Waals surface area (Å²) in [6, 6.07) is 6.27. The van der Waals surface area contributed by atoms with Crippen LogP contribution in [0.5, 0.6) is 5.75 Å². The molecular formula is C10H13ClFNO. The Bertz CT molecular complexity index is 289. The number of ether oxygens (including phenoxy) is 1. The quantitative estimate of drug-likeness (QED) is 0.818. The van der Waals surface area contributed by atoms with E-state index in [1.165, 1.54) is 12.1 Å². The molecule has 0 saturated carbocycles. The van der Waals surface area contributed by atoms with Gasteiger partial charge in [0, 0.05) is 12.6 Å². The molecule has 0 aromatic heterocycles. The largest absolute Gasteiger partial charge is 0.489 e. The number of halogens is 2. The minimum atomic E-state index is -0.247. The lowest BCUT2D eigenvalue weighted by Crippen LogP contribution is -2.19. The van der Waals surface area contributed by atoms with Crippen LogP contribution in [0.3, 0.4) is 0 Å². The van der Waals surface area contributed by atoms with Crippen LogP contribution < -0.4 is 10.1 Å². The second-order valence-corrected chi connectivity index (χ2v) is 3.19. The Labute approximate surface area is 88.9 Å². The standard InChI is InChI=1S/C10H12FNO.ClH/c11-8-2-1-3-9(6-8)13-10-4-5-12-7-10;/h1-3,6,10,12H,4-5,7H2;1H/t10-;/m0./s1. The molecule has 0 amide bonds. The lowest BCUT2D eigenvalue weighted by molar-refractivity contribution is 0.222. The predicted molar refractivity (Wildman–Crippen MR) is 55.6 cm³/mol. The number of hydrogen-bond acceptors (Lipinski definition) is 2. The Kier molecular flexibility index (Phi) is 4.17. The van der Waals surface area contributed by atoms with Gasteiger partial charge in [0.1, 0.15) is 17.7 Å². The molecule has 0 unspecified atom stereocenters. The van der Waals surface area contributed by atoms with Crippen molar-refractivity contribution in [3.8, 4) is 5.75 Å². The van der Waals surface area contributed by atoms with Crippen molar-refractivity contribution >= 4 is 12.4 Å². The fourth-order valence-electron chi connectivity index (χ4n) is 1.46. The van der Waals surface area contributed by atoms with E-state index >= 15 is 0 Å². The number of hydrogen-bond donors (Lipinski definition) is 1. The number of nitrogens with one attached hydrogen (secondary N) is 1. The smallest absolute Gasteiger partial charge is 0.126 e. The molecule has 2 rings (SSSR count). The van der Waals surface area contributed by atoms with E-state index in [1.54, 1.807) is 12.1 Å². The summed E-state index contributed by atoms with van der Waals surface area (Å²) in [5, 5.41) is 3.19. The topological polar surface area (TPSA) is 21.3 Å². The fourth-order valence-corrected chi connectivity index (χ4v) is 1.46. The Hall–Kier alpha value is -0.800. The molecule has 1 N–H and O–H groups in total. The molecule has 2 nitrogen and oxygen atoms in total. The van der Waals surface area contributed by atoms with E-state index in [-0.39, 0.29) is 24.3 Å². The van der Waals surface area contributed by atoms with Crippen LogP contribution in [0.2, 0.25) is 0 Å². The van der Waals surface area contributed by atoms with Crippen LogP contribution in [0.4, 0.5) is 4.39 Å². The van der Waals surface area contributed by atoms with Crippen LogP contribution in [0, 0.1) is 5.82 Å². The Morgan fingerprint density at radius 1 is 1.43 bits per heavy atom. The molecule has 0 aliphatic carbocycles. The van der Waals surface area contributed by atoms with Gasteiger partial charge in [0.2, 0.25) is 0 Å². The fraction of sp³-hybridized carbons (Fsp3) is 0.400. The van der Waals surface area contributed by atoms with Gasteiger partial charge in [0.05, 0.1) is 0 Å². The number of rotatable bonds is 2. The summed E-state index contributed by atoms with van der Waals surface area (Å²) in [6.07, 6.45) is 1.19. The third-order valence-corrected chi connectivity index (χ3v) is 2.11. The number of benzene rings is 1. The van der Waals surface area contributed by atoms with Crippen molar-refractivity contribution in [2.75, 3.05) is 13.1 Å². The molecule has 78 valence electrons. The average molecular weight is 218 g/mol. The lowest BCUT2D eigenvalue weighted by Gasteiger charge is -2.11. The van der Waals surface area contributed by atoms with Crippen molar-refractivity contribution in [3.05, 3.63) is 30.1 Å². The van der Waals surface area contributed by atoms with Crippen molar-refractivity contribution in [2.45, 2.75) is 12.5 Å². The van der Waals surface area contributed by atoms with Crippen molar-refractivity contribution in [2.24, 2.45) is 0 Å². The molecule has 4 heteroatoms. The highest BCUT2D eigenvalue weighted by molar-refractivity contribution is 5.85. The van der Waals surface area contributed by atoms with Crippen LogP contribution in [-0.4, -0.2) is 19.2 Å².